The number of thioether (sulfide) groups is 1. The predicted molar refractivity (Wildman–Crippen MR) is 103 cm³/mol. The third-order valence-corrected chi connectivity index (χ3v) is 8.04. The zero-order valence-corrected chi connectivity index (χ0v) is 15.9. The lowest BCUT2D eigenvalue weighted by molar-refractivity contribution is 0.415. The minimum atomic E-state index is -3.50. The summed E-state index contributed by atoms with van der Waals surface area (Å²) in [5, 5.41) is 3.08. The fourth-order valence-corrected chi connectivity index (χ4v) is 6.51. The van der Waals surface area contributed by atoms with Crippen LogP contribution < -0.4 is 14.4 Å². The number of nitrogens with one attached hydrogen (secondary N) is 1. The van der Waals surface area contributed by atoms with Crippen LogP contribution in [0.25, 0.3) is 0 Å². The van der Waals surface area contributed by atoms with Gasteiger partial charge >= 0.3 is 0 Å². The first-order chi connectivity index (χ1) is 12.1. The molecule has 2 aromatic carbocycles. The SMILES string of the molecule is CNCCCC1Sc2ccccc2N(c2ccc(OC)cc2)S1(=O)=O. The third kappa shape index (κ3) is 3.63. The Labute approximate surface area is 153 Å². The van der Waals surface area contributed by atoms with E-state index in [4.69, 9.17) is 4.74 Å². The molecule has 1 unspecified atom stereocenters. The molecule has 1 heterocycles. The van der Waals surface area contributed by atoms with Crippen LogP contribution in [-0.4, -0.2) is 33.7 Å². The molecular weight excluding hydrogens is 356 g/mol. The molecule has 7 heteroatoms. The van der Waals surface area contributed by atoms with Crippen molar-refractivity contribution in [3.63, 3.8) is 0 Å². The monoisotopic (exact) mass is 378 g/mol. The molecule has 0 aliphatic carbocycles. The van der Waals surface area contributed by atoms with Crippen LogP contribution in [0.15, 0.2) is 53.4 Å². The zero-order valence-electron chi connectivity index (χ0n) is 14.3. The Kier molecular flexibility index (Phi) is 5.56. The smallest absolute Gasteiger partial charge is 0.252 e. The largest absolute Gasteiger partial charge is 0.497 e. The highest BCUT2D eigenvalue weighted by molar-refractivity contribution is 8.14. The Morgan fingerprint density at radius 1 is 1.16 bits per heavy atom. The highest BCUT2D eigenvalue weighted by Gasteiger charge is 2.39. The molecule has 2 aromatic rings. The number of para-hydroxylation sites is 1. The van der Waals surface area contributed by atoms with Crippen molar-refractivity contribution < 1.29 is 13.2 Å². The first kappa shape index (κ1) is 18.1. The number of hydrogen-bond donors (Lipinski definition) is 1. The molecule has 0 amide bonds. The molecule has 0 radical (unpaired) electrons. The van der Waals surface area contributed by atoms with Crippen LogP contribution >= 0.6 is 11.8 Å². The maximum absolute atomic E-state index is 13.3. The van der Waals surface area contributed by atoms with Crippen LogP contribution in [-0.2, 0) is 10.0 Å². The Hall–Kier alpha value is -1.70. The van der Waals surface area contributed by atoms with Crippen LogP contribution in [0.5, 0.6) is 5.75 Å². The normalized spacial score (nSPS) is 18.6. The second-order valence-electron chi connectivity index (χ2n) is 5.77. The second kappa shape index (κ2) is 7.68. The number of hydrogen-bond acceptors (Lipinski definition) is 5. The third-order valence-electron chi connectivity index (χ3n) is 4.10. The van der Waals surface area contributed by atoms with Gasteiger partial charge in [0, 0.05) is 4.90 Å². The molecule has 0 bridgehead atoms. The van der Waals surface area contributed by atoms with Gasteiger partial charge in [-0.2, -0.15) is 0 Å². The maximum Gasteiger partial charge on any atom is 0.252 e. The Balaban J connectivity index is 2.03. The van der Waals surface area contributed by atoms with Crippen molar-refractivity contribution in [3.8, 4) is 5.75 Å². The molecule has 5 nitrogen and oxygen atoms in total. The topological polar surface area (TPSA) is 58.6 Å². The number of benzene rings is 2. The van der Waals surface area contributed by atoms with Gasteiger partial charge in [0.25, 0.3) is 10.0 Å². The summed E-state index contributed by atoms with van der Waals surface area (Å²) in [5.74, 6) is 0.700. The van der Waals surface area contributed by atoms with Gasteiger partial charge in [-0.3, -0.25) is 0 Å². The lowest BCUT2D eigenvalue weighted by Gasteiger charge is -2.35. The first-order valence-electron chi connectivity index (χ1n) is 8.16. The fraction of sp³-hybridized carbons (Fsp3) is 0.333. The van der Waals surface area contributed by atoms with Gasteiger partial charge in [-0.25, -0.2) is 12.7 Å². The minimum Gasteiger partial charge on any atom is -0.497 e. The van der Waals surface area contributed by atoms with E-state index in [2.05, 4.69) is 5.32 Å². The average molecular weight is 379 g/mol. The number of ether oxygens (including phenoxy) is 1. The molecule has 134 valence electrons. The lowest BCUT2D eigenvalue weighted by atomic mass is 10.2. The van der Waals surface area contributed by atoms with E-state index in [0.29, 0.717) is 23.5 Å². The molecule has 0 aromatic heterocycles. The average Bonchev–Trinajstić information content (AvgIpc) is 2.62. The van der Waals surface area contributed by atoms with Crippen LogP contribution in [0.4, 0.5) is 11.4 Å². The lowest BCUT2D eigenvalue weighted by Crippen LogP contribution is -2.37. The van der Waals surface area contributed by atoms with E-state index in [1.807, 2.05) is 31.3 Å². The van der Waals surface area contributed by atoms with Gasteiger partial charge in [-0.15, -0.1) is 11.8 Å². The van der Waals surface area contributed by atoms with Gasteiger partial charge in [-0.05, 0) is 62.8 Å². The molecule has 1 aliphatic rings. The van der Waals surface area contributed by atoms with Crippen molar-refractivity contribution in [2.75, 3.05) is 25.0 Å². The fourth-order valence-electron chi connectivity index (χ4n) is 2.84. The summed E-state index contributed by atoms with van der Waals surface area (Å²) in [5.41, 5.74) is 1.34. The van der Waals surface area contributed by atoms with Crippen molar-refractivity contribution in [2.24, 2.45) is 0 Å². The van der Waals surface area contributed by atoms with E-state index >= 15 is 0 Å². The molecule has 1 aliphatic heterocycles. The van der Waals surface area contributed by atoms with Gasteiger partial charge in [0.1, 0.15) is 10.3 Å². The summed E-state index contributed by atoms with van der Waals surface area (Å²) >= 11 is 1.44. The number of fused-ring (bicyclic) bond motifs is 1. The van der Waals surface area contributed by atoms with Crippen molar-refractivity contribution >= 4 is 33.2 Å². The van der Waals surface area contributed by atoms with Crippen molar-refractivity contribution in [1.82, 2.24) is 5.32 Å². The zero-order chi connectivity index (χ0) is 17.9. The standard InChI is InChI=1S/C18H22N2O3S2/c1-19-13-5-8-18-24-17-7-4-3-6-16(17)20(25(18,21)22)14-9-11-15(23-2)12-10-14/h3-4,6-7,9-12,18-19H,5,8,13H2,1-2H3. The highest BCUT2D eigenvalue weighted by Crippen LogP contribution is 2.47. The van der Waals surface area contributed by atoms with E-state index in [0.717, 1.165) is 17.9 Å². The molecule has 0 saturated heterocycles. The molecule has 0 saturated carbocycles. The maximum atomic E-state index is 13.3. The van der Waals surface area contributed by atoms with E-state index in [-0.39, 0.29) is 0 Å². The van der Waals surface area contributed by atoms with Crippen molar-refractivity contribution in [1.29, 1.82) is 0 Å². The molecule has 3 rings (SSSR count). The molecular formula is C18H22N2O3S2. The quantitative estimate of drug-likeness (QED) is 0.779. The Morgan fingerprint density at radius 2 is 1.88 bits per heavy atom. The number of methoxy groups -OCH3 is 1. The Bertz CT molecular complexity index is 822. The van der Waals surface area contributed by atoms with E-state index in [1.165, 1.54) is 16.1 Å². The number of nitrogens with zero attached hydrogens (tertiary/aromatic N) is 1. The van der Waals surface area contributed by atoms with Crippen LogP contribution in [0.3, 0.4) is 0 Å². The summed E-state index contributed by atoms with van der Waals surface area (Å²) in [6.07, 6.45) is 1.42. The molecule has 25 heavy (non-hydrogen) atoms. The van der Waals surface area contributed by atoms with E-state index < -0.39 is 14.6 Å². The van der Waals surface area contributed by atoms with Gasteiger partial charge in [-0.1, -0.05) is 12.1 Å². The number of anilines is 2. The number of rotatable bonds is 6. The van der Waals surface area contributed by atoms with Crippen molar-refractivity contribution in [2.45, 2.75) is 22.3 Å². The van der Waals surface area contributed by atoms with E-state index in [1.54, 1.807) is 31.4 Å². The highest BCUT2D eigenvalue weighted by atomic mass is 32.3. The van der Waals surface area contributed by atoms with Crippen LogP contribution in [0, 0.1) is 0 Å². The molecule has 0 spiro atoms. The van der Waals surface area contributed by atoms with E-state index in [9.17, 15) is 8.42 Å². The predicted octanol–water partition coefficient (Wildman–Crippen LogP) is 3.59. The second-order valence-corrected chi connectivity index (χ2v) is 9.28. The summed E-state index contributed by atoms with van der Waals surface area (Å²) in [6, 6.07) is 14.8. The molecule has 1 N–H and O–H groups in total. The van der Waals surface area contributed by atoms with Crippen LogP contribution in [0.2, 0.25) is 0 Å². The Morgan fingerprint density at radius 3 is 2.56 bits per heavy atom. The summed E-state index contributed by atoms with van der Waals surface area (Å²) in [4.78, 5) is 0.989. The summed E-state index contributed by atoms with van der Waals surface area (Å²) in [6.45, 7) is 0.802. The minimum absolute atomic E-state index is 0.488. The van der Waals surface area contributed by atoms with Gasteiger partial charge in [0.2, 0.25) is 0 Å². The molecule has 0 fully saturated rings. The van der Waals surface area contributed by atoms with Gasteiger partial charge < -0.3 is 10.1 Å². The van der Waals surface area contributed by atoms with Gasteiger partial charge in [0.15, 0.2) is 0 Å². The van der Waals surface area contributed by atoms with Gasteiger partial charge in [0.05, 0.1) is 18.5 Å². The summed E-state index contributed by atoms with van der Waals surface area (Å²) in [7, 11) is -0.0330. The van der Waals surface area contributed by atoms with Crippen LogP contribution in [0.1, 0.15) is 12.8 Å². The summed E-state index contributed by atoms with van der Waals surface area (Å²) < 4.78 is 32.7. The molecule has 1 atom stereocenters. The van der Waals surface area contributed by atoms with Crippen molar-refractivity contribution in [3.05, 3.63) is 48.5 Å². The first-order valence-corrected chi connectivity index (χ1v) is 10.5. The number of sulfonamides is 1.